The van der Waals surface area contributed by atoms with Crippen LogP contribution in [-0.2, 0) is 4.74 Å². The molecule has 1 aliphatic heterocycles. The first-order valence-corrected chi connectivity index (χ1v) is 4.85. The molecule has 70 valence electrons. The van der Waals surface area contributed by atoms with Crippen LogP contribution in [0.15, 0.2) is 0 Å². The smallest absolute Gasteiger partial charge is 0.409 e. The van der Waals surface area contributed by atoms with Crippen LogP contribution >= 0.6 is 12.6 Å². The molecule has 1 rings (SSSR count). The van der Waals surface area contributed by atoms with Crippen molar-refractivity contribution in [2.75, 3.05) is 19.7 Å². The Morgan fingerprint density at radius 3 is 2.67 bits per heavy atom. The highest BCUT2D eigenvalue weighted by molar-refractivity contribution is 7.80. The zero-order valence-corrected chi connectivity index (χ0v) is 8.22. The van der Waals surface area contributed by atoms with Crippen molar-refractivity contribution in [1.82, 2.24) is 4.90 Å². The Labute approximate surface area is 78.5 Å². The zero-order valence-electron chi connectivity index (χ0n) is 7.32. The minimum Gasteiger partial charge on any atom is -0.450 e. The summed E-state index contributed by atoms with van der Waals surface area (Å²) in [6.07, 6.45) is 1.77. The van der Waals surface area contributed by atoms with Crippen LogP contribution in [-0.4, -0.2) is 35.9 Å². The van der Waals surface area contributed by atoms with Crippen molar-refractivity contribution in [2.45, 2.75) is 25.0 Å². The van der Waals surface area contributed by atoms with Crippen molar-refractivity contribution >= 4 is 18.7 Å². The monoisotopic (exact) mass is 189 g/mol. The SMILES string of the molecule is CCOC(=O)N1CCC(S)CC1. The molecule has 3 nitrogen and oxygen atoms in total. The van der Waals surface area contributed by atoms with Crippen molar-refractivity contribution in [3.05, 3.63) is 0 Å². The Kier molecular flexibility index (Phi) is 3.72. The molecule has 1 heterocycles. The van der Waals surface area contributed by atoms with E-state index in [9.17, 15) is 4.79 Å². The number of nitrogens with zero attached hydrogens (tertiary/aromatic N) is 1. The lowest BCUT2D eigenvalue weighted by Crippen LogP contribution is -2.39. The molecule has 12 heavy (non-hydrogen) atoms. The first kappa shape index (κ1) is 9.71. The van der Waals surface area contributed by atoms with E-state index in [0.29, 0.717) is 11.9 Å². The molecule has 0 bridgehead atoms. The molecule has 1 aliphatic rings. The number of piperidine rings is 1. The van der Waals surface area contributed by atoms with Gasteiger partial charge in [-0.1, -0.05) is 0 Å². The molecule has 0 aromatic heterocycles. The first-order valence-electron chi connectivity index (χ1n) is 4.33. The van der Waals surface area contributed by atoms with Crippen LogP contribution in [0.4, 0.5) is 4.79 Å². The normalized spacial score (nSPS) is 19.3. The van der Waals surface area contributed by atoms with Crippen LogP contribution in [0.2, 0.25) is 0 Å². The van der Waals surface area contributed by atoms with Gasteiger partial charge in [-0.3, -0.25) is 0 Å². The predicted molar refractivity (Wildman–Crippen MR) is 50.6 cm³/mol. The average Bonchev–Trinajstić information content (AvgIpc) is 2.06. The van der Waals surface area contributed by atoms with Crippen molar-refractivity contribution < 1.29 is 9.53 Å². The maximum Gasteiger partial charge on any atom is 0.409 e. The summed E-state index contributed by atoms with van der Waals surface area (Å²) in [7, 11) is 0. The minimum absolute atomic E-state index is 0.183. The van der Waals surface area contributed by atoms with Crippen molar-refractivity contribution in [3.63, 3.8) is 0 Å². The standard InChI is InChI=1S/C8H15NO2S/c1-2-11-8(10)9-5-3-7(12)4-6-9/h7,12H,2-6H2,1H3. The molecule has 0 aliphatic carbocycles. The van der Waals surface area contributed by atoms with Gasteiger partial charge in [0.2, 0.25) is 0 Å². The molecular weight excluding hydrogens is 174 g/mol. The van der Waals surface area contributed by atoms with Crippen LogP contribution in [0.3, 0.4) is 0 Å². The van der Waals surface area contributed by atoms with Gasteiger partial charge in [0.05, 0.1) is 6.61 Å². The quantitative estimate of drug-likeness (QED) is 0.634. The van der Waals surface area contributed by atoms with Crippen LogP contribution < -0.4 is 0 Å². The Morgan fingerprint density at radius 1 is 1.58 bits per heavy atom. The number of carbonyl (C=O) groups excluding carboxylic acids is 1. The van der Waals surface area contributed by atoms with E-state index in [4.69, 9.17) is 4.74 Å². The first-order chi connectivity index (χ1) is 5.74. The van der Waals surface area contributed by atoms with Gasteiger partial charge < -0.3 is 9.64 Å². The minimum atomic E-state index is -0.183. The number of likely N-dealkylation sites (tertiary alicyclic amines) is 1. The maximum atomic E-state index is 11.2. The van der Waals surface area contributed by atoms with E-state index < -0.39 is 0 Å². The zero-order chi connectivity index (χ0) is 8.97. The second kappa shape index (κ2) is 4.60. The van der Waals surface area contributed by atoms with Crippen molar-refractivity contribution in [1.29, 1.82) is 0 Å². The van der Waals surface area contributed by atoms with E-state index >= 15 is 0 Å². The molecule has 1 fully saturated rings. The molecule has 1 saturated heterocycles. The average molecular weight is 189 g/mol. The fraction of sp³-hybridized carbons (Fsp3) is 0.875. The molecule has 0 aromatic rings. The van der Waals surface area contributed by atoms with Gasteiger partial charge in [-0.05, 0) is 19.8 Å². The molecular formula is C8H15NO2S. The Hall–Kier alpha value is -0.380. The highest BCUT2D eigenvalue weighted by atomic mass is 32.1. The third-order valence-electron chi connectivity index (χ3n) is 1.99. The van der Waals surface area contributed by atoms with Gasteiger partial charge in [0.25, 0.3) is 0 Å². The van der Waals surface area contributed by atoms with Crippen molar-refractivity contribution in [2.24, 2.45) is 0 Å². The second-order valence-electron chi connectivity index (χ2n) is 2.92. The van der Waals surface area contributed by atoms with Gasteiger partial charge in [0, 0.05) is 18.3 Å². The summed E-state index contributed by atoms with van der Waals surface area (Å²) in [5, 5.41) is 0.454. The largest absolute Gasteiger partial charge is 0.450 e. The van der Waals surface area contributed by atoms with E-state index in [-0.39, 0.29) is 6.09 Å². The maximum absolute atomic E-state index is 11.2. The third kappa shape index (κ3) is 2.59. The Morgan fingerprint density at radius 2 is 2.17 bits per heavy atom. The summed E-state index contributed by atoms with van der Waals surface area (Å²) >= 11 is 4.34. The van der Waals surface area contributed by atoms with Crippen molar-refractivity contribution in [3.8, 4) is 0 Å². The fourth-order valence-corrected chi connectivity index (χ4v) is 1.49. The van der Waals surface area contributed by atoms with Gasteiger partial charge in [-0.2, -0.15) is 12.6 Å². The van der Waals surface area contributed by atoms with Crippen LogP contribution in [0.5, 0.6) is 0 Å². The number of hydrogen-bond donors (Lipinski definition) is 1. The number of ether oxygens (including phenoxy) is 1. The summed E-state index contributed by atoms with van der Waals surface area (Å²) in [4.78, 5) is 12.9. The lowest BCUT2D eigenvalue weighted by molar-refractivity contribution is 0.101. The molecule has 0 atom stereocenters. The van der Waals surface area contributed by atoms with Crippen LogP contribution in [0.25, 0.3) is 0 Å². The van der Waals surface area contributed by atoms with Gasteiger partial charge in [0.15, 0.2) is 0 Å². The molecule has 0 spiro atoms. The van der Waals surface area contributed by atoms with Gasteiger partial charge in [-0.25, -0.2) is 4.79 Å². The van der Waals surface area contributed by atoms with Gasteiger partial charge in [0.1, 0.15) is 0 Å². The second-order valence-corrected chi connectivity index (χ2v) is 3.65. The molecule has 0 radical (unpaired) electrons. The lowest BCUT2D eigenvalue weighted by Gasteiger charge is -2.28. The molecule has 0 aromatic carbocycles. The summed E-state index contributed by atoms with van der Waals surface area (Å²) in [6, 6.07) is 0. The number of amides is 1. The molecule has 4 heteroatoms. The van der Waals surface area contributed by atoms with Gasteiger partial charge >= 0.3 is 6.09 Å². The summed E-state index contributed by atoms with van der Waals surface area (Å²) in [5.74, 6) is 0. The fourth-order valence-electron chi connectivity index (χ4n) is 1.26. The van der Waals surface area contributed by atoms with E-state index in [0.717, 1.165) is 25.9 Å². The molecule has 0 N–H and O–H groups in total. The number of thiol groups is 1. The third-order valence-corrected chi connectivity index (χ3v) is 2.51. The lowest BCUT2D eigenvalue weighted by atomic mass is 10.1. The topological polar surface area (TPSA) is 29.5 Å². The highest BCUT2D eigenvalue weighted by Crippen LogP contribution is 2.15. The Balaban J connectivity index is 2.29. The van der Waals surface area contributed by atoms with Crippen LogP contribution in [0.1, 0.15) is 19.8 Å². The molecule has 1 amide bonds. The highest BCUT2D eigenvalue weighted by Gasteiger charge is 2.20. The summed E-state index contributed by atoms with van der Waals surface area (Å²) in [6.45, 7) is 3.85. The predicted octanol–water partition coefficient (Wildman–Crippen LogP) is 1.54. The van der Waals surface area contributed by atoms with Gasteiger partial charge in [-0.15, -0.1) is 0 Å². The molecule has 0 saturated carbocycles. The Bertz CT molecular complexity index is 155. The van der Waals surface area contributed by atoms with E-state index in [2.05, 4.69) is 12.6 Å². The summed E-state index contributed by atoms with van der Waals surface area (Å²) in [5.41, 5.74) is 0. The number of carbonyl (C=O) groups is 1. The summed E-state index contributed by atoms with van der Waals surface area (Å²) < 4.78 is 4.88. The molecule has 0 unspecified atom stereocenters. The number of hydrogen-bond acceptors (Lipinski definition) is 3. The van der Waals surface area contributed by atoms with E-state index in [1.54, 1.807) is 4.90 Å². The number of rotatable bonds is 1. The van der Waals surface area contributed by atoms with Crippen LogP contribution in [0, 0.1) is 0 Å². The van der Waals surface area contributed by atoms with E-state index in [1.807, 2.05) is 6.92 Å². The van der Waals surface area contributed by atoms with E-state index in [1.165, 1.54) is 0 Å².